The maximum atomic E-state index is 12.9. The number of nitrogens with zero attached hydrogens (tertiary/aromatic N) is 4. The highest BCUT2D eigenvalue weighted by Crippen LogP contribution is 2.46. The van der Waals surface area contributed by atoms with E-state index in [1.807, 2.05) is 48.4 Å². The monoisotopic (exact) mass is 638 g/mol. The third kappa shape index (κ3) is 6.97. The fourth-order valence-corrected chi connectivity index (χ4v) is 7.26. The summed E-state index contributed by atoms with van der Waals surface area (Å²) in [4.78, 5) is 50.1. The standard InChI is InChI=1S/C36H42N6O5/c1-23-28(25-8-4-3-5-9-25)17-30(37)34(44)42(23)11-10-41(2)12-14-47-13-6-7-24-15-29-33(39-21-24)40-32(43)20-36(29)18-26-16-27(35(45)46)22-38-31(26)19-36/h3-9,15-16,21-23,28,30H,10-14,17-20,37H2,1-2H3,(H,45,46)(H,39,40,43)/b7-6+/t23?,28?,30?,36-/m1/s1. The van der Waals surface area contributed by atoms with Gasteiger partial charge in [-0.25, -0.2) is 9.78 Å². The van der Waals surface area contributed by atoms with Gasteiger partial charge >= 0.3 is 5.97 Å². The summed E-state index contributed by atoms with van der Waals surface area (Å²) in [7, 11) is 2.03. The highest BCUT2D eigenvalue weighted by Gasteiger charge is 2.46. The minimum Gasteiger partial charge on any atom is -0.478 e. The molecule has 1 aliphatic carbocycles. The van der Waals surface area contributed by atoms with E-state index in [1.165, 1.54) is 11.8 Å². The smallest absolute Gasteiger partial charge is 0.337 e. The number of anilines is 1. The van der Waals surface area contributed by atoms with Gasteiger partial charge in [-0.15, -0.1) is 0 Å². The maximum absolute atomic E-state index is 12.9. The van der Waals surface area contributed by atoms with Crippen molar-refractivity contribution in [2.24, 2.45) is 5.73 Å². The molecule has 3 aromatic rings. The van der Waals surface area contributed by atoms with Crippen LogP contribution in [0.15, 0.2) is 60.9 Å². The topological polar surface area (TPSA) is 151 Å². The lowest BCUT2D eigenvalue weighted by atomic mass is 9.73. The molecule has 246 valence electrons. The van der Waals surface area contributed by atoms with Gasteiger partial charge in [0.2, 0.25) is 11.8 Å². The van der Waals surface area contributed by atoms with Gasteiger partial charge in [0.1, 0.15) is 5.82 Å². The number of amides is 2. The Bertz CT molecular complexity index is 1680. The number of fused-ring (bicyclic) bond motifs is 3. The molecule has 2 amide bonds. The third-order valence-corrected chi connectivity index (χ3v) is 9.85. The molecule has 4 heterocycles. The molecule has 1 saturated heterocycles. The van der Waals surface area contributed by atoms with Crippen molar-refractivity contribution in [3.8, 4) is 0 Å². The van der Waals surface area contributed by atoms with E-state index in [9.17, 15) is 19.5 Å². The SMILES string of the molecule is CC1C(c2ccccc2)CC(N)C(=O)N1CCN(C)CCOC/C=C/c1cnc2c(c1)[C@]1(CC(=O)N2)Cc2cc(C(=O)O)cnc2C1. The van der Waals surface area contributed by atoms with Crippen molar-refractivity contribution in [1.82, 2.24) is 19.8 Å². The van der Waals surface area contributed by atoms with Crippen LogP contribution in [-0.4, -0.2) is 94.6 Å². The second-order valence-corrected chi connectivity index (χ2v) is 13.1. The molecule has 1 fully saturated rings. The van der Waals surface area contributed by atoms with Crippen LogP contribution in [-0.2, 0) is 32.6 Å². The van der Waals surface area contributed by atoms with Gasteiger partial charge in [0.15, 0.2) is 0 Å². The number of aromatic carboxylic acids is 1. The zero-order valence-electron chi connectivity index (χ0n) is 26.9. The first-order valence-electron chi connectivity index (χ1n) is 16.2. The highest BCUT2D eigenvalue weighted by molar-refractivity contribution is 5.95. The summed E-state index contributed by atoms with van der Waals surface area (Å²) < 4.78 is 5.88. The lowest BCUT2D eigenvalue weighted by Gasteiger charge is -2.42. The molecule has 1 spiro atoms. The van der Waals surface area contributed by atoms with Crippen molar-refractivity contribution in [3.63, 3.8) is 0 Å². The van der Waals surface area contributed by atoms with Crippen LogP contribution in [0, 0.1) is 0 Å². The van der Waals surface area contributed by atoms with Gasteiger partial charge in [0.25, 0.3) is 0 Å². The summed E-state index contributed by atoms with van der Waals surface area (Å²) in [5, 5.41) is 12.3. The van der Waals surface area contributed by atoms with Crippen molar-refractivity contribution >= 4 is 29.7 Å². The predicted octanol–water partition coefficient (Wildman–Crippen LogP) is 3.25. The van der Waals surface area contributed by atoms with Crippen LogP contribution in [0.3, 0.4) is 0 Å². The van der Waals surface area contributed by atoms with Crippen molar-refractivity contribution in [3.05, 3.63) is 94.4 Å². The minimum atomic E-state index is -1.02. The molecule has 2 aliphatic heterocycles. The molecule has 0 bridgehead atoms. The number of nitrogens with one attached hydrogen (secondary N) is 1. The summed E-state index contributed by atoms with van der Waals surface area (Å²) in [6.45, 7) is 5.14. The molecule has 4 N–H and O–H groups in total. The molecule has 6 rings (SSSR count). The van der Waals surface area contributed by atoms with Gasteiger partial charge in [-0.1, -0.05) is 42.5 Å². The van der Waals surface area contributed by atoms with E-state index in [0.717, 1.165) is 35.5 Å². The first-order chi connectivity index (χ1) is 22.6. The molecule has 4 atom stereocenters. The Hall–Kier alpha value is -4.45. The van der Waals surface area contributed by atoms with Gasteiger partial charge in [-0.2, -0.15) is 0 Å². The normalized spacial score (nSPS) is 23.7. The molecule has 47 heavy (non-hydrogen) atoms. The molecule has 11 heteroatoms. The third-order valence-electron chi connectivity index (χ3n) is 9.85. The number of pyridine rings is 2. The highest BCUT2D eigenvalue weighted by atomic mass is 16.5. The molecule has 0 radical (unpaired) electrons. The van der Waals surface area contributed by atoms with E-state index < -0.39 is 17.4 Å². The number of aromatic nitrogens is 2. The molecule has 3 unspecified atom stereocenters. The predicted molar refractivity (Wildman–Crippen MR) is 178 cm³/mol. The van der Waals surface area contributed by atoms with Gasteiger partial charge in [0, 0.05) is 73.5 Å². The molecule has 1 aromatic carbocycles. The summed E-state index contributed by atoms with van der Waals surface area (Å²) >= 11 is 0. The van der Waals surface area contributed by atoms with E-state index >= 15 is 0 Å². The van der Waals surface area contributed by atoms with Crippen LogP contribution in [0.1, 0.15) is 64.0 Å². The number of carboxylic acids is 1. The lowest BCUT2D eigenvalue weighted by molar-refractivity contribution is -0.138. The summed E-state index contributed by atoms with van der Waals surface area (Å²) in [6, 6.07) is 13.6. The van der Waals surface area contributed by atoms with Crippen molar-refractivity contribution < 1.29 is 24.2 Å². The lowest BCUT2D eigenvalue weighted by Crippen LogP contribution is -2.56. The zero-order chi connectivity index (χ0) is 33.1. The number of hydrogen-bond donors (Lipinski definition) is 3. The van der Waals surface area contributed by atoms with Crippen LogP contribution >= 0.6 is 0 Å². The number of hydrogen-bond acceptors (Lipinski definition) is 8. The van der Waals surface area contributed by atoms with Gasteiger partial charge in [0.05, 0.1) is 24.8 Å². The van der Waals surface area contributed by atoms with Gasteiger partial charge in [-0.3, -0.25) is 14.6 Å². The van der Waals surface area contributed by atoms with E-state index in [0.29, 0.717) is 44.8 Å². The fraction of sp³-hybridized carbons (Fsp3) is 0.417. The van der Waals surface area contributed by atoms with E-state index in [2.05, 4.69) is 39.2 Å². The van der Waals surface area contributed by atoms with E-state index in [1.54, 1.807) is 12.3 Å². The fourth-order valence-electron chi connectivity index (χ4n) is 7.26. The Balaban J connectivity index is 0.995. The average Bonchev–Trinajstić information content (AvgIpc) is 3.42. The maximum Gasteiger partial charge on any atom is 0.337 e. The van der Waals surface area contributed by atoms with Gasteiger partial charge < -0.3 is 30.7 Å². The first-order valence-corrected chi connectivity index (χ1v) is 16.2. The Labute approximate surface area is 274 Å². The minimum absolute atomic E-state index is 0.0193. The number of ether oxygens (including phenoxy) is 1. The van der Waals surface area contributed by atoms with Crippen molar-refractivity contribution in [2.45, 2.75) is 56.0 Å². The number of carboxylic acid groups (broad SMARTS) is 1. The van der Waals surface area contributed by atoms with Crippen LogP contribution in [0.5, 0.6) is 0 Å². The molecule has 2 aromatic heterocycles. The number of carbonyl (C=O) groups is 3. The number of carbonyl (C=O) groups excluding carboxylic acids is 2. The van der Waals surface area contributed by atoms with Crippen molar-refractivity contribution in [1.29, 1.82) is 0 Å². The Kier molecular flexibility index (Phi) is 9.49. The van der Waals surface area contributed by atoms with Gasteiger partial charge in [-0.05, 0) is 55.6 Å². The summed E-state index contributed by atoms with van der Waals surface area (Å²) in [5.41, 5.74) is 10.6. The Morgan fingerprint density at radius 2 is 1.96 bits per heavy atom. The largest absolute Gasteiger partial charge is 0.478 e. The quantitative estimate of drug-likeness (QED) is 0.269. The summed E-state index contributed by atoms with van der Waals surface area (Å²) in [5.74, 6) is -0.336. The van der Waals surface area contributed by atoms with Crippen LogP contribution in [0.4, 0.5) is 5.82 Å². The number of likely N-dealkylation sites (tertiary alicyclic amines) is 1. The molecule has 11 nitrogen and oxygen atoms in total. The van der Waals surface area contributed by atoms with Crippen LogP contribution in [0.25, 0.3) is 6.08 Å². The summed E-state index contributed by atoms with van der Waals surface area (Å²) in [6.07, 6.45) is 9.05. The molecule has 3 aliphatic rings. The Morgan fingerprint density at radius 3 is 2.74 bits per heavy atom. The second-order valence-electron chi connectivity index (χ2n) is 13.1. The number of likely N-dealkylation sites (N-methyl/N-ethyl adjacent to an activating group) is 1. The number of benzene rings is 1. The van der Waals surface area contributed by atoms with Crippen LogP contribution in [0.2, 0.25) is 0 Å². The zero-order valence-corrected chi connectivity index (χ0v) is 26.9. The average molecular weight is 639 g/mol. The molecular weight excluding hydrogens is 596 g/mol. The van der Waals surface area contributed by atoms with E-state index in [-0.39, 0.29) is 35.8 Å². The molecule has 0 saturated carbocycles. The van der Waals surface area contributed by atoms with Crippen molar-refractivity contribution in [2.75, 3.05) is 45.2 Å². The van der Waals surface area contributed by atoms with E-state index in [4.69, 9.17) is 10.5 Å². The Morgan fingerprint density at radius 1 is 1.15 bits per heavy atom. The first kappa shape index (κ1) is 32.5. The second kappa shape index (κ2) is 13.7. The molecular formula is C36H42N6O5. The number of piperidine rings is 1. The number of rotatable bonds is 11. The number of nitrogens with two attached hydrogens (primary N) is 1. The van der Waals surface area contributed by atoms with Crippen LogP contribution < -0.4 is 11.1 Å².